The Labute approximate surface area is 356 Å². The molecule has 4 aliphatic rings. The lowest BCUT2D eigenvalue weighted by molar-refractivity contribution is -0.136. The molecule has 0 aromatic rings. The van der Waals surface area contributed by atoms with Gasteiger partial charge in [-0.1, -0.05) is 130 Å². The van der Waals surface area contributed by atoms with Gasteiger partial charge in [0.05, 0.1) is 6.54 Å². The van der Waals surface area contributed by atoms with Crippen molar-refractivity contribution < 1.29 is 19.1 Å². The first kappa shape index (κ1) is 48.6. The Bertz CT molecular complexity index is 1270. The first-order chi connectivity index (χ1) is 27.9. The highest BCUT2D eigenvalue weighted by atomic mass is 16.6. The highest BCUT2D eigenvalue weighted by molar-refractivity contribution is 5.84. The topological polar surface area (TPSA) is 114 Å². The molecule has 4 N–H and O–H groups in total. The van der Waals surface area contributed by atoms with Crippen LogP contribution in [0.25, 0.3) is 0 Å². The number of nitrogens with zero attached hydrogens (tertiary/aromatic N) is 1. The lowest BCUT2D eigenvalue weighted by Crippen LogP contribution is -2.51. The van der Waals surface area contributed by atoms with Gasteiger partial charge in [-0.3, -0.25) is 9.59 Å². The van der Waals surface area contributed by atoms with E-state index in [1.165, 1.54) is 89.0 Å². The van der Waals surface area contributed by atoms with Crippen molar-refractivity contribution in [3.05, 3.63) is 11.6 Å². The number of allylic oxidation sites excluding steroid dienone is 1. The van der Waals surface area contributed by atoms with Crippen molar-refractivity contribution >= 4 is 17.9 Å². The molecule has 8 heteroatoms. The van der Waals surface area contributed by atoms with Crippen molar-refractivity contribution in [3.63, 3.8) is 0 Å². The molecule has 0 aromatic heterocycles. The molecule has 0 radical (unpaired) electrons. The van der Waals surface area contributed by atoms with Crippen molar-refractivity contribution in [1.82, 2.24) is 15.5 Å². The van der Waals surface area contributed by atoms with Crippen LogP contribution in [0.1, 0.15) is 202 Å². The molecule has 58 heavy (non-hydrogen) atoms. The second-order valence-corrected chi connectivity index (χ2v) is 20.4. The van der Waals surface area contributed by atoms with Crippen molar-refractivity contribution in [2.24, 2.45) is 52.1 Å². The fourth-order valence-corrected chi connectivity index (χ4v) is 12.3. The largest absolute Gasteiger partial charge is 0.446 e. The van der Waals surface area contributed by atoms with E-state index in [2.05, 4.69) is 58.3 Å². The fourth-order valence-electron chi connectivity index (χ4n) is 12.3. The van der Waals surface area contributed by atoms with Gasteiger partial charge in [-0.2, -0.15) is 0 Å². The molecular weight excluding hydrogens is 721 g/mol. The van der Waals surface area contributed by atoms with Crippen molar-refractivity contribution in [2.45, 2.75) is 208 Å². The van der Waals surface area contributed by atoms with Crippen LogP contribution in [0, 0.1) is 46.3 Å². The van der Waals surface area contributed by atoms with Crippen molar-refractivity contribution in [1.29, 1.82) is 0 Å². The molecule has 0 unspecified atom stereocenters. The quantitative estimate of drug-likeness (QED) is 0.0565. The lowest BCUT2D eigenvalue weighted by atomic mass is 9.47. The molecular formula is C50H90N4O4. The zero-order chi connectivity index (χ0) is 42.0. The number of nitrogens with two attached hydrogens (primary N) is 1. The summed E-state index contributed by atoms with van der Waals surface area (Å²) in [4.78, 5) is 40.9. The summed E-state index contributed by atoms with van der Waals surface area (Å²) >= 11 is 0. The number of amides is 3. The third-order valence-electron chi connectivity index (χ3n) is 15.8. The van der Waals surface area contributed by atoms with Gasteiger partial charge in [0.2, 0.25) is 11.8 Å². The molecule has 0 heterocycles. The highest BCUT2D eigenvalue weighted by Crippen LogP contribution is 2.67. The maximum absolute atomic E-state index is 13.3. The van der Waals surface area contributed by atoms with Crippen LogP contribution < -0.4 is 16.4 Å². The van der Waals surface area contributed by atoms with E-state index < -0.39 is 0 Å². The number of hydrogen-bond acceptors (Lipinski definition) is 5. The molecule has 0 saturated heterocycles. The van der Waals surface area contributed by atoms with Gasteiger partial charge in [-0.05, 0) is 124 Å². The number of ether oxygens (including phenoxy) is 1. The van der Waals surface area contributed by atoms with Crippen molar-refractivity contribution in [3.8, 4) is 0 Å². The molecule has 0 spiro atoms. The fraction of sp³-hybridized carbons (Fsp3) is 0.900. The second-order valence-electron chi connectivity index (χ2n) is 20.4. The Morgan fingerprint density at radius 3 is 2.26 bits per heavy atom. The van der Waals surface area contributed by atoms with E-state index in [0.29, 0.717) is 44.4 Å². The van der Waals surface area contributed by atoms with E-state index in [9.17, 15) is 14.4 Å². The molecule has 0 aliphatic heterocycles. The maximum Gasteiger partial charge on any atom is 0.407 e. The maximum atomic E-state index is 13.3. The average molecular weight is 811 g/mol. The Morgan fingerprint density at radius 2 is 1.52 bits per heavy atom. The Balaban J connectivity index is 1.21. The number of carbonyl (C=O) groups excluding carboxylic acids is 3. The van der Waals surface area contributed by atoms with Crippen LogP contribution in [0.4, 0.5) is 4.79 Å². The van der Waals surface area contributed by atoms with Gasteiger partial charge in [0.25, 0.3) is 0 Å². The minimum Gasteiger partial charge on any atom is -0.446 e. The van der Waals surface area contributed by atoms with Gasteiger partial charge >= 0.3 is 6.09 Å². The number of nitrogens with one attached hydrogen (secondary N) is 2. The summed E-state index contributed by atoms with van der Waals surface area (Å²) in [5.41, 5.74) is 7.86. The second kappa shape index (κ2) is 25.0. The smallest absolute Gasteiger partial charge is 0.407 e. The van der Waals surface area contributed by atoms with Crippen LogP contribution in [0.2, 0.25) is 0 Å². The molecule has 4 aliphatic carbocycles. The van der Waals surface area contributed by atoms with Gasteiger partial charge in [-0.15, -0.1) is 0 Å². The standard InChI is InChI=1S/C50H90N4O4/c1-7-8-9-10-11-12-13-16-23-47(56)54(37-46(55)52-33-18-15-14-17-32-51)35-20-34-53-48(57)58-41-28-30-49(5)40(36-41)24-25-42-44-27-26-43(39(4)22-19-21-38(2)3)50(44,6)31-29-45(42)49/h24,38-39,41-45H,7-23,25-37,51H2,1-6H3,(H,52,55)(H,53,57)/t39-,41+,42+,43-,44+,45+,49+,50-/m1/s1. The van der Waals surface area contributed by atoms with Crippen LogP contribution in [0.5, 0.6) is 0 Å². The number of alkyl carbamates (subject to hydrolysis) is 1. The van der Waals surface area contributed by atoms with Gasteiger partial charge in [0.15, 0.2) is 0 Å². The molecule has 4 rings (SSSR count). The predicted molar refractivity (Wildman–Crippen MR) is 240 cm³/mol. The summed E-state index contributed by atoms with van der Waals surface area (Å²) in [6, 6.07) is 0. The third kappa shape index (κ3) is 14.3. The van der Waals surface area contributed by atoms with E-state index in [1.807, 2.05) is 0 Å². The van der Waals surface area contributed by atoms with E-state index in [4.69, 9.17) is 10.5 Å². The zero-order valence-electron chi connectivity index (χ0n) is 38.5. The third-order valence-corrected chi connectivity index (χ3v) is 15.8. The predicted octanol–water partition coefficient (Wildman–Crippen LogP) is 11.5. The van der Waals surface area contributed by atoms with E-state index in [-0.39, 0.29) is 36.0 Å². The molecule has 3 amide bonds. The van der Waals surface area contributed by atoms with Gasteiger partial charge in [-0.25, -0.2) is 4.79 Å². The van der Waals surface area contributed by atoms with Crippen LogP contribution in [-0.2, 0) is 14.3 Å². The lowest BCUT2D eigenvalue weighted by Gasteiger charge is -2.58. The molecule has 0 bridgehead atoms. The molecule has 8 nitrogen and oxygen atoms in total. The first-order valence-electron chi connectivity index (χ1n) is 24.8. The average Bonchev–Trinajstić information content (AvgIpc) is 3.55. The summed E-state index contributed by atoms with van der Waals surface area (Å²) in [5.74, 6) is 4.83. The Kier molecular flexibility index (Phi) is 20.9. The van der Waals surface area contributed by atoms with E-state index in [1.54, 1.807) is 4.90 Å². The Hall–Kier alpha value is -2.09. The minimum absolute atomic E-state index is 0.0295. The molecule has 334 valence electrons. The van der Waals surface area contributed by atoms with Crippen LogP contribution in [0.3, 0.4) is 0 Å². The SMILES string of the molecule is CCCCCCCCCCC(=O)N(CCCNC(=O)O[C@H]1CC[C@@]2(C)C(=CC[C@H]3[C@@H]4CC[C@H]([C@H](C)CCCC(C)C)[C@@]4(C)CC[C@@H]32)C1)CC(=O)NCCCCCCN. The highest BCUT2D eigenvalue weighted by Gasteiger charge is 2.59. The summed E-state index contributed by atoms with van der Waals surface area (Å²) < 4.78 is 6.06. The summed E-state index contributed by atoms with van der Waals surface area (Å²) in [6.45, 7) is 17.0. The van der Waals surface area contributed by atoms with Crippen LogP contribution >= 0.6 is 0 Å². The number of fused-ring (bicyclic) bond motifs is 5. The molecule has 3 fully saturated rings. The zero-order valence-corrected chi connectivity index (χ0v) is 38.5. The number of rotatable bonds is 27. The molecule has 3 saturated carbocycles. The van der Waals surface area contributed by atoms with Gasteiger partial charge in [0.1, 0.15) is 6.10 Å². The minimum atomic E-state index is -0.361. The number of hydrogen-bond donors (Lipinski definition) is 3. The van der Waals surface area contributed by atoms with Gasteiger partial charge in [0, 0.05) is 32.5 Å². The monoisotopic (exact) mass is 811 g/mol. The van der Waals surface area contributed by atoms with Gasteiger partial charge < -0.3 is 26.0 Å². The summed E-state index contributed by atoms with van der Waals surface area (Å²) in [6.07, 6.45) is 30.4. The normalized spacial score (nSPS) is 28.2. The van der Waals surface area contributed by atoms with E-state index in [0.717, 1.165) is 99.7 Å². The molecule has 0 aromatic carbocycles. The van der Waals surface area contributed by atoms with Crippen LogP contribution in [0.15, 0.2) is 11.6 Å². The van der Waals surface area contributed by atoms with E-state index >= 15 is 0 Å². The Morgan fingerprint density at radius 1 is 0.810 bits per heavy atom. The first-order valence-corrected chi connectivity index (χ1v) is 24.8. The van der Waals surface area contributed by atoms with Crippen molar-refractivity contribution in [2.75, 3.05) is 32.7 Å². The summed E-state index contributed by atoms with van der Waals surface area (Å²) in [5, 5.41) is 5.98. The summed E-state index contributed by atoms with van der Waals surface area (Å²) in [7, 11) is 0. The van der Waals surface area contributed by atoms with Crippen LogP contribution in [-0.4, -0.2) is 61.6 Å². The number of carbonyl (C=O) groups is 3. The molecule has 8 atom stereocenters. The number of unbranched alkanes of at least 4 members (excludes halogenated alkanes) is 10.